The minimum Gasteiger partial charge on any atom is -0.467 e. The Kier molecular flexibility index (Phi) is 8.20. The highest BCUT2D eigenvalue weighted by Gasteiger charge is 2.43. The van der Waals surface area contributed by atoms with E-state index in [1.165, 1.54) is 7.11 Å². The number of rotatable bonds is 7. The van der Waals surface area contributed by atoms with Gasteiger partial charge in [0.15, 0.2) is 0 Å². The number of esters is 1. The number of thiophene rings is 1. The summed E-state index contributed by atoms with van der Waals surface area (Å²) < 4.78 is 4.83. The molecule has 1 aromatic heterocycles. The van der Waals surface area contributed by atoms with E-state index in [0.717, 1.165) is 24.8 Å². The lowest BCUT2D eigenvalue weighted by molar-refractivity contribution is -0.146. The lowest BCUT2D eigenvalue weighted by atomic mass is 9.78. The van der Waals surface area contributed by atoms with E-state index >= 15 is 0 Å². The molecule has 2 aliphatic rings. The zero-order valence-electron chi connectivity index (χ0n) is 20.4. The monoisotopic (exact) mass is 509 g/mol. The van der Waals surface area contributed by atoms with Gasteiger partial charge in [0.2, 0.25) is 11.8 Å². The fourth-order valence-electron chi connectivity index (χ4n) is 4.87. The minimum absolute atomic E-state index is 0.0112. The maximum Gasteiger partial charge on any atom is 0.328 e. The maximum atomic E-state index is 13.1. The molecule has 2 saturated heterocycles. The summed E-state index contributed by atoms with van der Waals surface area (Å²) in [6.07, 6.45) is 5.85. The van der Waals surface area contributed by atoms with Gasteiger partial charge in [0.05, 0.1) is 13.5 Å². The van der Waals surface area contributed by atoms with E-state index in [1.807, 2.05) is 27.8 Å². The number of carbonyl (C=O) groups is 4. The van der Waals surface area contributed by atoms with Crippen molar-refractivity contribution in [1.82, 2.24) is 15.1 Å². The summed E-state index contributed by atoms with van der Waals surface area (Å²) >= 11 is 1.60. The Bertz CT molecular complexity index is 1110. The van der Waals surface area contributed by atoms with Crippen LogP contribution in [0.3, 0.4) is 0 Å². The molecule has 190 valence electrons. The van der Waals surface area contributed by atoms with Gasteiger partial charge < -0.3 is 19.9 Å². The van der Waals surface area contributed by atoms with Crippen molar-refractivity contribution in [3.63, 3.8) is 0 Å². The zero-order chi connectivity index (χ0) is 25.5. The van der Waals surface area contributed by atoms with E-state index < -0.39 is 17.9 Å². The Balaban J connectivity index is 1.30. The number of benzene rings is 1. The van der Waals surface area contributed by atoms with Crippen molar-refractivity contribution in [2.75, 3.05) is 33.3 Å². The topological polar surface area (TPSA) is 96.0 Å². The number of hydrogen-bond donors (Lipinski definition) is 1. The predicted octanol–water partition coefficient (Wildman–Crippen LogP) is 2.96. The fourth-order valence-corrected chi connectivity index (χ4v) is 5.50. The van der Waals surface area contributed by atoms with Gasteiger partial charge in [-0.3, -0.25) is 14.4 Å². The molecule has 0 bridgehead atoms. The number of ether oxygens (including phenoxy) is 1. The van der Waals surface area contributed by atoms with Gasteiger partial charge in [-0.1, -0.05) is 18.2 Å². The number of piperidine rings is 1. The Morgan fingerprint density at radius 1 is 1.06 bits per heavy atom. The normalized spacial score (nSPS) is 17.8. The number of carbonyl (C=O) groups excluding carboxylic acids is 4. The number of hydrogen-bond acceptors (Lipinski definition) is 6. The molecule has 0 saturated carbocycles. The molecule has 3 heterocycles. The summed E-state index contributed by atoms with van der Waals surface area (Å²) in [5.74, 6) is -1.25. The summed E-state index contributed by atoms with van der Waals surface area (Å²) in [5, 5.41) is 6.61. The lowest BCUT2D eigenvalue weighted by Crippen LogP contribution is -2.46. The second kappa shape index (κ2) is 11.5. The van der Waals surface area contributed by atoms with Gasteiger partial charge in [-0.2, -0.15) is 11.3 Å². The number of likely N-dealkylation sites (tertiary alicyclic amines) is 2. The first kappa shape index (κ1) is 25.6. The molecule has 1 aromatic carbocycles. The van der Waals surface area contributed by atoms with E-state index in [-0.39, 0.29) is 23.7 Å². The third-order valence-corrected chi connectivity index (χ3v) is 7.80. The van der Waals surface area contributed by atoms with Crippen LogP contribution in [0.5, 0.6) is 0 Å². The molecular formula is C27H31N3O5S. The molecular weight excluding hydrogens is 478 g/mol. The molecule has 2 aliphatic heterocycles. The van der Waals surface area contributed by atoms with Crippen LogP contribution in [-0.4, -0.2) is 72.8 Å². The van der Waals surface area contributed by atoms with Gasteiger partial charge in [-0.25, -0.2) is 4.79 Å². The number of nitrogens with one attached hydrogen (secondary N) is 1. The summed E-state index contributed by atoms with van der Waals surface area (Å²) in [5.41, 5.74) is 1.42. The van der Waals surface area contributed by atoms with E-state index in [4.69, 9.17) is 4.74 Å². The van der Waals surface area contributed by atoms with Gasteiger partial charge in [-0.05, 0) is 65.3 Å². The molecule has 1 spiro atoms. The highest BCUT2D eigenvalue weighted by Crippen LogP contribution is 2.40. The average Bonchev–Trinajstić information content (AvgIpc) is 3.58. The van der Waals surface area contributed by atoms with E-state index in [2.05, 4.69) is 5.32 Å². The molecule has 0 radical (unpaired) electrons. The van der Waals surface area contributed by atoms with Crippen molar-refractivity contribution in [3.05, 3.63) is 64.4 Å². The van der Waals surface area contributed by atoms with Crippen molar-refractivity contribution in [2.24, 2.45) is 5.41 Å². The Morgan fingerprint density at radius 3 is 2.39 bits per heavy atom. The molecule has 9 heteroatoms. The lowest BCUT2D eigenvalue weighted by Gasteiger charge is -2.39. The molecule has 4 rings (SSSR count). The number of amides is 3. The summed E-state index contributed by atoms with van der Waals surface area (Å²) in [6, 6.07) is 9.47. The van der Waals surface area contributed by atoms with Crippen molar-refractivity contribution in [1.29, 1.82) is 0 Å². The molecule has 1 atom stereocenters. The number of nitrogens with zero attached hydrogens (tertiary/aromatic N) is 2. The molecule has 1 unspecified atom stereocenters. The molecule has 2 aromatic rings. The van der Waals surface area contributed by atoms with Gasteiger partial charge in [0, 0.05) is 37.8 Å². The highest BCUT2D eigenvalue weighted by atomic mass is 32.1. The van der Waals surface area contributed by atoms with Gasteiger partial charge in [0.25, 0.3) is 5.91 Å². The Labute approximate surface area is 214 Å². The largest absolute Gasteiger partial charge is 0.467 e. The van der Waals surface area contributed by atoms with Crippen molar-refractivity contribution >= 4 is 41.1 Å². The molecule has 2 fully saturated rings. The zero-order valence-corrected chi connectivity index (χ0v) is 21.2. The van der Waals surface area contributed by atoms with Crippen molar-refractivity contribution in [3.8, 4) is 0 Å². The van der Waals surface area contributed by atoms with Gasteiger partial charge >= 0.3 is 5.97 Å². The second-order valence-corrected chi connectivity index (χ2v) is 10.2. The molecule has 1 N–H and O–H groups in total. The van der Waals surface area contributed by atoms with Gasteiger partial charge in [-0.15, -0.1) is 0 Å². The molecule has 36 heavy (non-hydrogen) atoms. The SMILES string of the molecule is COC(=O)C(CC(=O)N1CCC2(CCN(C(=O)C=Cc3ccsc3)CC2)C1)NC(=O)c1ccccc1. The number of methoxy groups -OCH3 is 1. The smallest absolute Gasteiger partial charge is 0.328 e. The highest BCUT2D eigenvalue weighted by molar-refractivity contribution is 7.08. The fraction of sp³-hybridized carbons (Fsp3) is 0.407. The Morgan fingerprint density at radius 2 is 1.75 bits per heavy atom. The standard InChI is InChI=1S/C27H31N3O5S/c1-35-26(34)22(28-25(33)21-5-3-2-4-6-21)17-24(32)30-15-12-27(19-30)10-13-29(14-11-27)23(31)8-7-20-9-16-36-18-20/h2-9,16,18,22H,10-15,17,19H2,1H3,(H,28,33). The van der Waals surface area contributed by atoms with Crippen LogP contribution < -0.4 is 5.32 Å². The molecule has 3 amide bonds. The third-order valence-electron chi connectivity index (χ3n) is 7.09. The van der Waals surface area contributed by atoms with Crippen LogP contribution in [0.1, 0.15) is 41.6 Å². The quantitative estimate of drug-likeness (QED) is 0.457. The Hall–Kier alpha value is -3.46. The molecule has 0 aliphatic carbocycles. The second-order valence-electron chi connectivity index (χ2n) is 9.40. The third kappa shape index (κ3) is 6.20. The van der Waals surface area contributed by atoms with Crippen LogP contribution in [0, 0.1) is 5.41 Å². The van der Waals surface area contributed by atoms with Gasteiger partial charge in [0.1, 0.15) is 6.04 Å². The van der Waals surface area contributed by atoms with Crippen LogP contribution in [0.25, 0.3) is 6.08 Å². The van der Waals surface area contributed by atoms with Crippen LogP contribution in [0.15, 0.2) is 53.2 Å². The van der Waals surface area contributed by atoms with Crippen LogP contribution in [0.4, 0.5) is 0 Å². The average molecular weight is 510 g/mol. The first-order valence-electron chi connectivity index (χ1n) is 12.1. The maximum absolute atomic E-state index is 13.1. The first-order chi connectivity index (χ1) is 17.4. The van der Waals surface area contributed by atoms with Crippen molar-refractivity contribution < 1.29 is 23.9 Å². The van der Waals surface area contributed by atoms with Crippen molar-refractivity contribution in [2.45, 2.75) is 31.7 Å². The van der Waals surface area contributed by atoms with E-state index in [9.17, 15) is 19.2 Å². The van der Waals surface area contributed by atoms with Crippen LogP contribution in [0.2, 0.25) is 0 Å². The van der Waals surface area contributed by atoms with E-state index in [0.29, 0.717) is 31.7 Å². The minimum atomic E-state index is -1.05. The summed E-state index contributed by atoms with van der Waals surface area (Å²) in [7, 11) is 1.24. The van der Waals surface area contributed by atoms with Crippen LogP contribution >= 0.6 is 11.3 Å². The summed E-state index contributed by atoms with van der Waals surface area (Å²) in [6.45, 7) is 2.52. The predicted molar refractivity (Wildman–Crippen MR) is 137 cm³/mol. The van der Waals surface area contributed by atoms with E-state index in [1.54, 1.807) is 52.6 Å². The summed E-state index contributed by atoms with van der Waals surface area (Å²) in [4.78, 5) is 54.1. The molecule has 8 nitrogen and oxygen atoms in total. The van der Waals surface area contributed by atoms with Crippen LogP contribution in [-0.2, 0) is 19.1 Å². The first-order valence-corrected chi connectivity index (χ1v) is 13.0.